The number of hydrogen-bond donors (Lipinski definition) is 0. The summed E-state index contributed by atoms with van der Waals surface area (Å²) in [4.78, 5) is 16.6. The zero-order valence-corrected chi connectivity index (χ0v) is 12.6. The van der Waals surface area contributed by atoms with E-state index in [0.717, 1.165) is 0 Å². The fourth-order valence-electron chi connectivity index (χ4n) is 1.89. The van der Waals surface area contributed by atoms with Gasteiger partial charge in [0.15, 0.2) is 0 Å². The van der Waals surface area contributed by atoms with Crippen molar-refractivity contribution < 1.29 is 9.21 Å². The average Bonchev–Trinajstić information content (AvgIpc) is 3.17. The summed E-state index contributed by atoms with van der Waals surface area (Å²) >= 11 is 12.0. The number of aromatic nitrogens is 3. The quantitative estimate of drug-likeness (QED) is 0.533. The Kier molecular flexibility index (Phi) is 4.09. The fourth-order valence-corrected chi connectivity index (χ4v) is 2.38. The first-order valence-electron chi connectivity index (χ1n) is 6.25. The molecule has 0 radical (unpaired) electrons. The van der Waals surface area contributed by atoms with Crippen molar-refractivity contribution in [1.29, 1.82) is 0 Å². The predicted octanol–water partition coefficient (Wildman–Crippen LogP) is 4.06. The Labute approximate surface area is 135 Å². The van der Waals surface area contributed by atoms with Crippen LogP contribution in [0.15, 0.2) is 53.7 Å². The van der Waals surface area contributed by atoms with Crippen molar-refractivity contribution in [2.75, 3.05) is 0 Å². The molecule has 0 aliphatic rings. The number of carbonyl (C=O) groups excluding carboxylic acids is 1. The number of allylic oxidation sites excluding steroid dienone is 1. The molecule has 0 aliphatic heterocycles. The van der Waals surface area contributed by atoms with E-state index in [0.29, 0.717) is 16.3 Å². The van der Waals surface area contributed by atoms with Crippen LogP contribution in [0.4, 0.5) is 0 Å². The SMILES string of the molecule is O=C(/C(=C/c1ccco1)n1cncn1)c1ccc(Cl)cc1Cl. The summed E-state index contributed by atoms with van der Waals surface area (Å²) in [5.74, 6) is 0.201. The van der Waals surface area contributed by atoms with E-state index in [4.69, 9.17) is 27.6 Å². The summed E-state index contributed by atoms with van der Waals surface area (Å²) in [6, 6.07) is 8.15. The molecule has 7 heteroatoms. The number of hydrogen-bond acceptors (Lipinski definition) is 4. The summed E-state index contributed by atoms with van der Waals surface area (Å²) in [6.07, 6.45) is 5.86. The van der Waals surface area contributed by atoms with Gasteiger partial charge in [-0.2, -0.15) is 5.10 Å². The van der Waals surface area contributed by atoms with Crippen LogP contribution in [-0.4, -0.2) is 20.5 Å². The van der Waals surface area contributed by atoms with Crippen LogP contribution in [0.3, 0.4) is 0 Å². The summed E-state index contributed by atoms with van der Waals surface area (Å²) in [5.41, 5.74) is 0.580. The molecular weight excluding hydrogens is 325 g/mol. The van der Waals surface area contributed by atoms with Gasteiger partial charge in [-0.25, -0.2) is 9.67 Å². The molecule has 0 bridgehead atoms. The molecule has 2 heterocycles. The van der Waals surface area contributed by atoms with E-state index in [1.54, 1.807) is 30.3 Å². The molecule has 110 valence electrons. The fraction of sp³-hybridized carbons (Fsp3) is 0. The zero-order chi connectivity index (χ0) is 15.5. The van der Waals surface area contributed by atoms with Gasteiger partial charge < -0.3 is 4.42 Å². The third-order valence-electron chi connectivity index (χ3n) is 2.90. The molecular formula is C15H9Cl2N3O2. The number of benzene rings is 1. The first kappa shape index (κ1) is 14.6. The van der Waals surface area contributed by atoms with E-state index in [1.165, 1.54) is 29.7 Å². The number of Topliss-reactive ketones (excluding diaryl/α,β-unsaturated/α-hetero) is 1. The van der Waals surface area contributed by atoms with Gasteiger partial charge in [-0.15, -0.1) is 0 Å². The van der Waals surface area contributed by atoms with Crippen LogP contribution in [0.5, 0.6) is 0 Å². The van der Waals surface area contributed by atoms with Crippen LogP contribution in [0.1, 0.15) is 16.1 Å². The Balaban J connectivity index is 2.08. The maximum Gasteiger partial charge on any atom is 0.213 e. The van der Waals surface area contributed by atoms with Gasteiger partial charge in [0.05, 0.1) is 11.3 Å². The van der Waals surface area contributed by atoms with Crippen molar-refractivity contribution in [3.63, 3.8) is 0 Å². The van der Waals surface area contributed by atoms with Crippen molar-refractivity contribution in [3.8, 4) is 0 Å². The van der Waals surface area contributed by atoms with Crippen LogP contribution in [0.25, 0.3) is 11.8 Å². The van der Waals surface area contributed by atoms with Gasteiger partial charge >= 0.3 is 0 Å². The number of halogens is 2. The Morgan fingerprint density at radius 2 is 2.14 bits per heavy atom. The lowest BCUT2D eigenvalue weighted by molar-refractivity contribution is 0.105. The van der Waals surface area contributed by atoms with Crippen LogP contribution in [0, 0.1) is 0 Å². The lowest BCUT2D eigenvalue weighted by Crippen LogP contribution is -2.10. The molecule has 0 amide bonds. The number of carbonyl (C=O) groups is 1. The van der Waals surface area contributed by atoms with Crippen LogP contribution in [0.2, 0.25) is 10.0 Å². The number of rotatable bonds is 4. The summed E-state index contributed by atoms with van der Waals surface area (Å²) in [5, 5.41) is 4.72. The summed E-state index contributed by atoms with van der Waals surface area (Å²) in [7, 11) is 0. The normalized spacial score (nSPS) is 11.6. The Hall–Kier alpha value is -2.37. The third-order valence-corrected chi connectivity index (χ3v) is 3.44. The average molecular weight is 334 g/mol. The predicted molar refractivity (Wildman–Crippen MR) is 83.7 cm³/mol. The lowest BCUT2D eigenvalue weighted by atomic mass is 10.1. The lowest BCUT2D eigenvalue weighted by Gasteiger charge is -2.08. The van der Waals surface area contributed by atoms with E-state index in [1.807, 2.05) is 0 Å². The molecule has 0 atom stereocenters. The number of furan rings is 1. The van der Waals surface area contributed by atoms with Gasteiger partial charge in [-0.05, 0) is 30.3 Å². The minimum atomic E-state index is -0.316. The molecule has 0 N–H and O–H groups in total. The minimum Gasteiger partial charge on any atom is -0.465 e. The van der Waals surface area contributed by atoms with Gasteiger partial charge in [-0.3, -0.25) is 4.79 Å². The van der Waals surface area contributed by atoms with E-state index in [9.17, 15) is 4.79 Å². The summed E-state index contributed by atoms with van der Waals surface area (Å²) in [6.45, 7) is 0. The Bertz CT molecular complexity index is 825. The Morgan fingerprint density at radius 1 is 1.27 bits per heavy atom. The molecule has 0 unspecified atom stereocenters. The molecule has 0 aliphatic carbocycles. The Morgan fingerprint density at radius 3 is 2.77 bits per heavy atom. The highest BCUT2D eigenvalue weighted by molar-refractivity contribution is 6.40. The maximum atomic E-state index is 12.8. The highest BCUT2D eigenvalue weighted by Gasteiger charge is 2.18. The van der Waals surface area contributed by atoms with Gasteiger partial charge in [0, 0.05) is 16.7 Å². The number of nitrogens with zero attached hydrogens (tertiary/aromatic N) is 3. The van der Waals surface area contributed by atoms with E-state index in [-0.39, 0.29) is 16.5 Å². The molecule has 22 heavy (non-hydrogen) atoms. The largest absolute Gasteiger partial charge is 0.465 e. The maximum absolute atomic E-state index is 12.8. The molecule has 0 saturated carbocycles. The first-order valence-corrected chi connectivity index (χ1v) is 7.00. The van der Waals surface area contributed by atoms with E-state index in [2.05, 4.69) is 10.1 Å². The van der Waals surface area contributed by atoms with Crippen molar-refractivity contribution in [2.24, 2.45) is 0 Å². The monoisotopic (exact) mass is 333 g/mol. The molecule has 0 saturated heterocycles. The van der Waals surface area contributed by atoms with Gasteiger partial charge in [0.25, 0.3) is 0 Å². The van der Waals surface area contributed by atoms with Crippen molar-refractivity contribution in [2.45, 2.75) is 0 Å². The summed E-state index contributed by atoms with van der Waals surface area (Å²) < 4.78 is 6.61. The van der Waals surface area contributed by atoms with Crippen LogP contribution >= 0.6 is 23.2 Å². The van der Waals surface area contributed by atoms with Crippen LogP contribution < -0.4 is 0 Å². The van der Waals surface area contributed by atoms with Crippen molar-refractivity contribution in [1.82, 2.24) is 14.8 Å². The molecule has 3 aromatic rings. The van der Waals surface area contributed by atoms with Crippen LogP contribution in [-0.2, 0) is 0 Å². The van der Waals surface area contributed by atoms with E-state index < -0.39 is 0 Å². The van der Waals surface area contributed by atoms with E-state index >= 15 is 0 Å². The van der Waals surface area contributed by atoms with Gasteiger partial charge in [0.1, 0.15) is 24.1 Å². The molecule has 3 rings (SSSR count). The second-order valence-corrected chi connectivity index (χ2v) is 5.18. The topological polar surface area (TPSA) is 60.9 Å². The number of ketones is 1. The van der Waals surface area contributed by atoms with Gasteiger partial charge in [0.2, 0.25) is 5.78 Å². The van der Waals surface area contributed by atoms with Crippen molar-refractivity contribution >= 4 is 40.8 Å². The van der Waals surface area contributed by atoms with Crippen molar-refractivity contribution in [3.05, 3.63) is 70.6 Å². The smallest absolute Gasteiger partial charge is 0.213 e. The van der Waals surface area contributed by atoms with Gasteiger partial charge in [-0.1, -0.05) is 23.2 Å². The second kappa shape index (κ2) is 6.17. The third kappa shape index (κ3) is 2.95. The second-order valence-electron chi connectivity index (χ2n) is 4.34. The molecule has 0 spiro atoms. The molecule has 2 aromatic heterocycles. The molecule has 1 aromatic carbocycles. The molecule has 5 nitrogen and oxygen atoms in total. The first-order chi connectivity index (χ1) is 10.6. The minimum absolute atomic E-state index is 0.261. The highest BCUT2D eigenvalue weighted by atomic mass is 35.5. The highest BCUT2D eigenvalue weighted by Crippen LogP contribution is 2.25. The molecule has 0 fully saturated rings. The zero-order valence-electron chi connectivity index (χ0n) is 11.1. The standard InChI is InChI=1S/C15H9Cl2N3O2/c16-10-3-4-12(13(17)6-10)15(21)14(20-9-18-8-19-20)7-11-2-1-5-22-11/h1-9H/b14-7-.